The first-order valence-corrected chi connectivity index (χ1v) is 8.30. The molecule has 1 aliphatic carbocycles. The number of sulfonamides is 1. The zero-order chi connectivity index (χ0) is 15.6. The Bertz CT molecular complexity index is 645. The average Bonchev–Trinajstić information content (AvgIpc) is 2.82. The van der Waals surface area contributed by atoms with Gasteiger partial charge in [-0.2, -0.15) is 0 Å². The summed E-state index contributed by atoms with van der Waals surface area (Å²) in [5, 5.41) is 13.7. The lowest BCUT2D eigenvalue weighted by molar-refractivity contribution is -0.384. The highest BCUT2D eigenvalue weighted by molar-refractivity contribution is 7.89. The van der Waals surface area contributed by atoms with E-state index in [-0.39, 0.29) is 22.3 Å². The van der Waals surface area contributed by atoms with Gasteiger partial charge in [-0.25, -0.2) is 13.1 Å². The van der Waals surface area contributed by atoms with Crippen LogP contribution in [0.1, 0.15) is 26.2 Å². The van der Waals surface area contributed by atoms with Crippen molar-refractivity contribution in [3.63, 3.8) is 0 Å². The Labute approximate surface area is 123 Å². The van der Waals surface area contributed by atoms with Crippen LogP contribution in [0.25, 0.3) is 0 Å². The summed E-state index contributed by atoms with van der Waals surface area (Å²) in [6.07, 6.45) is 2.60. The van der Waals surface area contributed by atoms with E-state index >= 15 is 0 Å². The maximum absolute atomic E-state index is 12.3. The number of anilines is 1. The van der Waals surface area contributed by atoms with Gasteiger partial charge in [0.2, 0.25) is 10.0 Å². The molecule has 1 aromatic rings. The van der Waals surface area contributed by atoms with Crippen molar-refractivity contribution in [2.75, 3.05) is 12.4 Å². The molecule has 2 unspecified atom stereocenters. The molecule has 116 valence electrons. The Morgan fingerprint density at radius 1 is 1.33 bits per heavy atom. The molecule has 0 saturated heterocycles. The minimum atomic E-state index is -3.73. The second-order valence-electron chi connectivity index (χ2n) is 5.42. The van der Waals surface area contributed by atoms with Gasteiger partial charge in [0.25, 0.3) is 5.69 Å². The second kappa shape index (κ2) is 5.98. The van der Waals surface area contributed by atoms with Gasteiger partial charge in [-0.3, -0.25) is 10.1 Å². The van der Waals surface area contributed by atoms with Crippen molar-refractivity contribution in [3.05, 3.63) is 28.3 Å². The minimum absolute atomic E-state index is 0.0762. The highest BCUT2D eigenvalue weighted by Crippen LogP contribution is 2.29. The van der Waals surface area contributed by atoms with Crippen LogP contribution in [0.15, 0.2) is 23.1 Å². The van der Waals surface area contributed by atoms with Crippen molar-refractivity contribution >= 4 is 21.4 Å². The molecule has 21 heavy (non-hydrogen) atoms. The van der Waals surface area contributed by atoms with Gasteiger partial charge >= 0.3 is 0 Å². The van der Waals surface area contributed by atoms with E-state index in [1.807, 2.05) is 0 Å². The molecule has 8 heteroatoms. The maximum Gasteiger partial charge on any atom is 0.293 e. The third kappa shape index (κ3) is 3.51. The predicted molar refractivity (Wildman–Crippen MR) is 79.8 cm³/mol. The SMILES string of the molecule is CNc1ccc(S(=O)(=O)NC2CCC(C)C2)cc1[N+](=O)[O-]. The van der Waals surface area contributed by atoms with Gasteiger partial charge in [0, 0.05) is 19.2 Å². The third-order valence-corrected chi connectivity index (χ3v) is 5.28. The van der Waals surface area contributed by atoms with E-state index in [1.54, 1.807) is 7.05 Å². The van der Waals surface area contributed by atoms with Crippen molar-refractivity contribution in [1.82, 2.24) is 4.72 Å². The highest BCUT2D eigenvalue weighted by atomic mass is 32.2. The summed E-state index contributed by atoms with van der Waals surface area (Å²) in [6.45, 7) is 2.08. The molecule has 1 fully saturated rings. The topological polar surface area (TPSA) is 101 Å². The molecule has 0 aliphatic heterocycles. The highest BCUT2D eigenvalue weighted by Gasteiger charge is 2.28. The Morgan fingerprint density at radius 3 is 2.57 bits per heavy atom. The van der Waals surface area contributed by atoms with Crippen molar-refractivity contribution in [1.29, 1.82) is 0 Å². The number of hydrogen-bond acceptors (Lipinski definition) is 5. The number of rotatable bonds is 5. The van der Waals surface area contributed by atoms with Gasteiger partial charge in [-0.1, -0.05) is 6.92 Å². The summed E-state index contributed by atoms with van der Waals surface area (Å²) in [6, 6.07) is 3.78. The number of hydrogen-bond donors (Lipinski definition) is 2. The van der Waals surface area contributed by atoms with Crippen molar-refractivity contribution in [2.24, 2.45) is 5.92 Å². The lowest BCUT2D eigenvalue weighted by Crippen LogP contribution is -2.33. The number of nitrogens with one attached hydrogen (secondary N) is 2. The largest absolute Gasteiger partial charge is 0.383 e. The van der Waals surface area contributed by atoms with Crippen LogP contribution in [0.5, 0.6) is 0 Å². The van der Waals surface area contributed by atoms with E-state index in [0.717, 1.165) is 25.3 Å². The van der Waals surface area contributed by atoms with E-state index in [4.69, 9.17) is 0 Å². The summed E-state index contributed by atoms with van der Waals surface area (Å²) >= 11 is 0. The lowest BCUT2D eigenvalue weighted by Gasteiger charge is -2.13. The second-order valence-corrected chi connectivity index (χ2v) is 7.14. The van der Waals surface area contributed by atoms with Gasteiger partial charge in [-0.05, 0) is 37.3 Å². The van der Waals surface area contributed by atoms with E-state index in [0.29, 0.717) is 5.92 Å². The summed E-state index contributed by atoms with van der Waals surface area (Å²) in [7, 11) is -2.18. The summed E-state index contributed by atoms with van der Waals surface area (Å²) < 4.78 is 27.3. The Kier molecular flexibility index (Phi) is 4.48. The molecule has 2 N–H and O–H groups in total. The summed E-state index contributed by atoms with van der Waals surface area (Å²) in [5.41, 5.74) is 0.0357. The first-order valence-electron chi connectivity index (χ1n) is 6.82. The van der Waals surface area contributed by atoms with Gasteiger partial charge < -0.3 is 5.32 Å². The molecule has 0 heterocycles. The fraction of sp³-hybridized carbons (Fsp3) is 0.538. The molecular weight excluding hydrogens is 294 g/mol. The van der Waals surface area contributed by atoms with E-state index in [2.05, 4.69) is 17.0 Å². The standard InChI is InChI=1S/C13H19N3O4S/c1-9-3-4-10(7-9)15-21(19,20)11-5-6-12(14-2)13(8-11)16(17)18/h5-6,8-10,14-15H,3-4,7H2,1-2H3. The van der Waals surface area contributed by atoms with Gasteiger partial charge in [0.05, 0.1) is 9.82 Å². The monoisotopic (exact) mass is 313 g/mol. The predicted octanol–water partition coefficient (Wildman–Crippen LogP) is 2.10. The van der Waals surface area contributed by atoms with E-state index in [9.17, 15) is 18.5 Å². The number of nitro benzene ring substituents is 1. The Balaban J connectivity index is 2.27. The summed E-state index contributed by atoms with van der Waals surface area (Å²) in [5.74, 6) is 0.499. The van der Waals surface area contributed by atoms with Crippen LogP contribution in [-0.4, -0.2) is 26.4 Å². The zero-order valence-electron chi connectivity index (χ0n) is 12.0. The molecule has 0 radical (unpaired) electrons. The molecular formula is C13H19N3O4S. The fourth-order valence-corrected chi connectivity index (χ4v) is 3.95. The Hall–Kier alpha value is -1.67. The molecule has 7 nitrogen and oxygen atoms in total. The molecule has 1 saturated carbocycles. The van der Waals surface area contributed by atoms with Crippen LogP contribution in [0.4, 0.5) is 11.4 Å². The average molecular weight is 313 g/mol. The van der Waals surface area contributed by atoms with Crippen LogP contribution in [0, 0.1) is 16.0 Å². The Morgan fingerprint density at radius 2 is 2.05 bits per heavy atom. The molecule has 0 aromatic heterocycles. The van der Waals surface area contributed by atoms with Crippen LogP contribution in [0.2, 0.25) is 0 Å². The first kappa shape index (κ1) is 15.7. The first-order chi connectivity index (χ1) is 9.83. The van der Waals surface area contributed by atoms with Gasteiger partial charge in [-0.15, -0.1) is 0 Å². The van der Waals surface area contributed by atoms with E-state index < -0.39 is 14.9 Å². The van der Waals surface area contributed by atoms with Crippen LogP contribution in [-0.2, 0) is 10.0 Å². The number of nitro groups is 1. The third-order valence-electron chi connectivity index (χ3n) is 3.76. The molecule has 2 atom stereocenters. The minimum Gasteiger partial charge on any atom is -0.383 e. The number of benzene rings is 1. The fourth-order valence-electron chi connectivity index (χ4n) is 2.64. The molecule has 0 spiro atoms. The lowest BCUT2D eigenvalue weighted by atomic mass is 10.1. The van der Waals surface area contributed by atoms with Crippen LogP contribution in [0.3, 0.4) is 0 Å². The van der Waals surface area contributed by atoms with E-state index in [1.165, 1.54) is 12.1 Å². The van der Waals surface area contributed by atoms with Crippen LogP contribution < -0.4 is 10.0 Å². The number of nitrogens with zero attached hydrogens (tertiary/aromatic N) is 1. The summed E-state index contributed by atoms with van der Waals surface area (Å²) in [4.78, 5) is 10.3. The van der Waals surface area contributed by atoms with Crippen molar-refractivity contribution in [2.45, 2.75) is 37.1 Å². The van der Waals surface area contributed by atoms with Gasteiger partial charge in [0.15, 0.2) is 0 Å². The quantitative estimate of drug-likeness (QED) is 0.640. The molecule has 0 bridgehead atoms. The molecule has 2 rings (SSSR count). The molecule has 1 aromatic carbocycles. The van der Waals surface area contributed by atoms with Gasteiger partial charge in [0.1, 0.15) is 5.69 Å². The van der Waals surface area contributed by atoms with Crippen molar-refractivity contribution < 1.29 is 13.3 Å². The smallest absolute Gasteiger partial charge is 0.293 e. The molecule has 1 aliphatic rings. The maximum atomic E-state index is 12.3. The molecule has 0 amide bonds. The normalized spacial score (nSPS) is 22.2. The van der Waals surface area contributed by atoms with Crippen molar-refractivity contribution in [3.8, 4) is 0 Å². The van der Waals surface area contributed by atoms with Crippen LogP contribution >= 0.6 is 0 Å². The zero-order valence-corrected chi connectivity index (χ0v) is 12.8.